The van der Waals surface area contributed by atoms with Crippen LogP contribution in [-0.2, 0) is 6.42 Å². The van der Waals surface area contributed by atoms with Crippen molar-refractivity contribution in [1.29, 1.82) is 0 Å². The molecule has 3 nitrogen and oxygen atoms in total. The summed E-state index contributed by atoms with van der Waals surface area (Å²) in [6, 6.07) is 6.98. The van der Waals surface area contributed by atoms with Gasteiger partial charge in [0.05, 0.1) is 0 Å². The van der Waals surface area contributed by atoms with Crippen LogP contribution in [0.2, 0.25) is 0 Å². The minimum Gasteiger partial charge on any atom is -0.490 e. The molecule has 1 aromatic carbocycles. The molecule has 1 heterocycles. The van der Waals surface area contributed by atoms with E-state index in [9.17, 15) is 13.2 Å². The second-order valence-corrected chi connectivity index (χ2v) is 6.36. The van der Waals surface area contributed by atoms with Gasteiger partial charge in [0.15, 0.2) is 5.82 Å². The summed E-state index contributed by atoms with van der Waals surface area (Å²) in [6.07, 6.45) is 7.68. The number of nitrogens with zero attached hydrogens (tertiary/aromatic N) is 2. The number of hydrogen-bond acceptors (Lipinski definition) is 3. The first-order valence-corrected chi connectivity index (χ1v) is 9.26. The number of unbranched alkanes of at least 4 members (excludes halogenated alkanes) is 4. The fourth-order valence-corrected chi connectivity index (χ4v) is 2.59. The van der Waals surface area contributed by atoms with Gasteiger partial charge in [-0.1, -0.05) is 32.6 Å². The molecule has 0 saturated carbocycles. The van der Waals surface area contributed by atoms with Gasteiger partial charge in [0.25, 0.3) is 0 Å². The Bertz CT molecular complexity index is 695. The third-order valence-electron chi connectivity index (χ3n) is 4.04. The van der Waals surface area contributed by atoms with E-state index in [1.54, 1.807) is 24.3 Å². The second kappa shape index (κ2) is 10.7. The molecule has 0 radical (unpaired) electrons. The molecule has 0 aliphatic carbocycles. The van der Waals surface area contributed by atoms with E-state index >= 15 is 0 Å². The van der Waals surface area contributed by atoms with Crippen LogP contribution in [0.1, 0.15) is 44.6 Å². The molecule has 0 aliphatic rings. The molecule has 0 unspecified atom stereocenters. The highest BCUT2D eigenvalue weighted by atomic mass is 19.4. The Labute approximate surface area is 158 Å². The fraction of sp³-hybridized carbons (Fsp3) is 0.429. The highest BCUT2D eigenvalue weighted by molar-refractivity contribution is 5.55. The van der Waals surface area contributed by atoms with Crippen molar-refractivity contribution in [2.45, 2.75) is 51.6 Å². The first-order valence-electron chi connectivity index (χ1n) is 9.26. The maximum absolute atomic E-state index is 12.0. The van der Waals surface area contributed by atoms with E-state index in [0.717, 1.165) is 30.0 Å². The second-order valence-electron chi connectivity index (χ2n) is 6.36. The molecule has 0 spiro atoms. The van der Waals surface area contributed by atoms with E-state index in [-0.39, 0.29) is 12.7 Å². The Morgan fingerprint density at radius 3 is 2.26 bits per heavy atom. The van der Waals surface area contributed by atoms with Gasteiger partial charge in [-0.05, 0) is 48.7 Å². The van der Waals surface area contributed by atoms with Crippen LogP contribution in [0, 0.1) is 0 Å². The largest absolute Gasteiger partial charge is 0.490 e. The highest BCUT2D eigenvalue weighted by Crippen LogP contribution is 2.20. The topological polar surface area (TPSA) is 35.0 Å². The van der Waals surface area contributed by atoms with Crippen LogP contribution in [0.15, 0.2) is 48.8 Å². The minimum absolute atomic E-state index is 0.137. The number of aromatic nitrogens is 2. The summed E-state index contributed by atoms with van der Waals surface area (Å²) in [6.45, 7) is 2.07. The van der Waals surface area contributed by atoms with Crippen molar-refractivity contribution in [3.63, 3.8) is 0 Å². The first kappa shape index (κ1) is 20.9. The van der Waals surface area contributed by atoms with Crippen LogP contribution in [0.3, 0.4) is 0 Å². The van der Waals surface area contributed by atoms with E-state index in [0.29, 0.717) is 11.6 Å². The van der Waals surface area contributed by atoms with Crippen LogP contribution < -0.4 is 4.74 Å². The molecule has 0 amide bonds. The number of ether oxygens (including phenoxy) is 1. The summed E-state index contributed by atoms with van der Waals surface area (Å²) in [7, 11) is 0. The van der Waals surface area contributed by atoms with Gasteiger partial charge in [0.2, 0.25) is 0 Å². The number of benzene rings is 1. The smallest absolute Gasteiger partial charge is 0.409 e. The molecule has 0 atom stereocenters. The molecule has 0 bridgehead atoms. The van der Waals surface area contributed by atoms with Crippen LogP contribution in [0.4, 0.5) is 13.2 Å². The fourth-order valence-electron chi connectivity index (χ4n) is 2.59. The zero-order chi connectivity index (χ0) is 19.5. The maximum atomic E-state index is 12.0. The van der Waals surface area contributed by atoms with E-state index in [4.69, 9.17) is 4.74 Å². The SMILES string of the molecule is CCCCCCCc1cnc(-c2ccc(OCC=CC(F)(F)F)cc2)nc1. The molecule has 1 aromatic heterocycles. The van der Waals surface area contributed by atoms with Gasteiger partial charge in [-0.15, -0.1) is 0 Å². The zero-order valence-corrected chi connectivity index (χ0v) is 15.5. The Balaban J connectivity index is 1.83. The normalized spacial score (nSPS) is 11.9. The van der Waals surface area contributed by atoms with Gasteiger partial charge in [0, 0.05) is 24.0 Å². The molecule has 2 rings (SSSR count). The lowest BCUT2D eigenvalue weighted by atomic mass is 10.1. The Morgan fingerprint density at radius 2 is 1.63 bits per heavy atom. The monoisotopic (exact) mass is 378 g/mol. The summed E-state index contributed by atoms with van der Waals surface area (Å²) < 4.78 is 41.3. The van der Waals surface area contributed by atoms with Gasteiger partial charge in [0.1, 0.15) is 12.4 Å². The number of hydrogen-bond donors (Lipinski definition) is 0. The van der Waals surface area contributed by atoms with E-state index in [1.807, 2.05) is 12.4 Å². The van der Waals surface area contributed by atoms with E-state index in [1.165, 1.54) is 25.7 Å². The molecule has 0 saturated heterocycles. The lowest BCUT2D eigenvalue weighted by molar-refractivity contribution is -0.0801. The van der Waals surface area contributed by atoms with E-state index in [2.05, 4.69) is 16.9 Å². The maximum Gasteiger partial charge on any atom is 0.409 e. The van der Waals surface area contributed by atoms with Gasteiger partial charge < -0.3 is 4.74 Å². The predicted molar refractivity (Wildman–Crippen MR) is 101 cm³/mol. The Morgan fingerprint density at radius 1 is 0.963 bits per heavy atom. The molecule has 0 N–H and O–H groups in total. The van der Waals surface area contributed by atoms with Crippen molar-refractivity contribution in [3.8, 4) is 17.1 Å². The Hall–Kier alpha value is -2.37. The molecule has 0 fully saturated rings. The lowest BCUT2D eigenvalue weighted by Crippen LogP contribution is -2.02. The van der Waals surface area contributed by atoms with Crippen molar-refractivity contribution in [3.05, 3.63) is 54.4 Å². The van der Waals surface area contributed by atoms with Crippen molar-refractivity contribution in [2.24, 2.45) is 0 Å². The number of rotatable bonds is 10. The van der Waals surface area contributed by atoms with Crippen LogP contribution in [-0.4, -0.2) is 22.8 Å². The Kier molecular flexibility index (Phi) is 8.30. The lowest BCUT2D eigenvalue weighted by Gasteiger charge is -2.06. The number of aryl methyl sites for hydroxylation is 1. The summed E-state index contributed by atoms with van der Waals surface area (Å²) in [5.74, 6) is 1.11. The van der Waals surface area contributed by atoms with Crippen LogP contribution in [0.5, 0.6) is 5.75 Å². The number of halogens is 3. The van der Waals surface area contributed by atoms with Gasteiger partial charge in [-0.3, -0.25) is 0 Å². The summed E-state index contributed by atoms with van der Waals surface area (Å²) in [4.78, 5) is 8.82. The van der Waals surface area contributed by atoms with Gasteiger partial charge in [-0.25, -0.2) is 9.97 Å². The summed E-state index contributed by atoms with van der Waals surface area (Å²) in [5.41, 5.74) is 1.97. The van der Waals surface area contributed by atoms with Gasteiger partial charge in [-0.2, -0.15) is 13.2 Å². The molecule has 6 heteroatoms. The van der Waals surface area contributed by atoms with Gasteiger partial charge >= 0.3 is 6.18 Å². The molecular formula is C21H25F3N2O. The molecular weight excluding hydrogens is 353 g/mol. The highest BCUT2D eigenvalue weighted by Gasteiger charge is 2.21. The standard InChI is InChI=1S/C21H25F3N2O/c1-2-3-4-5-6-8-17-15-25-20(26-16-17)18-9-11-19(12-10-18)27-14-7-13-21(22,23)24/h7,9-13,15-16H,2-6,8,14H2,1H3. The average Bonchev–Trinajstić information content (AvgIpc) is 2.65. The first-order chi connectivity index (χ1) is 13.0. The van der Waals surface area contributed by atoms with Crippen molar-refractivity contribution in [1.82, 2.24) is 9.97 Å². The third kappa shape index (κ3) is 8.24. The molecule has 0 aliphatic heterocycles. The average molecular weight is 378 g/mol. The third-order valence-corrected chi connectivity index (χ3v) is 4.04. The van der Waals surface area contributed by atoms with Crippen LogP contribution >= 0.6 is 0 Å². The number of allylic oxidation sites excluding steroid dienone is 1. The molecule has 146 valence electrons. The number of alkyl halides is 3. The molecule has 27 heavy (non-hydrogen) atoms. The quantitative estimate of drug-likeness (QED) is 0.367. The minimum atomic E-state index is -4.31. The zero-order valence-electron chi connectivity index (χ0n) is 15.5. The predicted octanol–water partition coefficient (Wildman–Crippen LogP) is 6.15. The van der Waals surface area contributed by atoms with Crippen molar-refractivity contribution in [2.75, 3.05) is 6.61 Å². The van der Waals surface area contributed by atoms with E-state index < -0.39 is 6.18 Å². The van der Waals surface area contributed by atoms with Crippen molar-refractivity contribution >= 4 is 0 Å². The summed E-state index contributed by atoms with van der Waals surface area (Å²) >= 11 is 0. The molecule has 2 aromatic rings. The van der Waals surface area contributed by atoms with Crippen molar-refractivity contribution < 1.29 is 17.9 Å². The summed E-state index contributed by atoms with van der Waals surface area (Å²) in [5, 5.41) is 0. The van der Waals surface area contributed by atoms with Crippen LogP contribution in [0.25, 0.3) is 11.4 Å².